The monoisotopic (exact) mass is 451 g/mol. The van der Waals surface area contributed by atoms with Crippen LogP contribution < -0.4 is 19.5 Å². The molecule has 164 valence electrons. The van der Waals surface area contributed by atoms with E-state index in [1.807, 2.05) is 35.9 Å². The summed E-state index contributed by atoms with van der Waals surface area (Å²) < 4.78 is 18.4. The molecule has 2 aromatic carbocycles. The first-order valence-corrected chi connectivity index (χ1v) is 10.2. The molecule has 2 heterocycles. The third-order valence-electron chi connectivity index (χ3n) is 4.93. The van der Waals surface area contributed by atoms with E-state index in [0.717, 1.165) is 16.9 Å². The highest BCUT2D eigenvalue weighted by Crippen LogP contribution is 2.36. The van der Waals surface area contributed by atoms with E-state index >= 15 is 0 Å². The van der Waals surface area contributed by atoms with Crippen LogP contribution in [-0.4, -0.2) is 29.5 Å². The molecule has 0 fully saturated rings. The third-order valence-corrected chi connectivity index (χ3v) is 5.23. The van der Waals surface area contributed by atoms with Crippen LogP contribution in [0.5, 0.6) is 17.2 Å². The van der Waals surface area contributed by atoms with Crippen LogP contribution in [0.2, 0.25) is 5.02 Å². The smallest absolute Gasteiger partial charge is 0.255 e. The van der Waals surface area contributed by atoms with Crippen LogP contribution in [0.15, 0.2) is 60.9 Å². The van der Waals surface area contributed by atoms with Crippen LogP contribution in [0.3, 0.4) is 0 Å². The predicted octanol–water partition coefficient (Wildman–Crippen LogP) is 5.14. The first-order valence-electron chi connectivity index (χ1n) is 9.87. The van der Waals surface area contributed by atoms with E-state index < -0.39 is 0 Å². The van der Waals surface area contributed by atoms with E-state index in [1.54, 1.807) is 36.4 Å². The number of pyridine rings is 1. The largest absolute Gasteiger partial charge is 0.495 e. The normalized spacial score (nSPS) is 10.8. The van der Waals surface area contributed by atoms with Gasteiger partial charge in [-0.05, 0) is 42.8 Å². The van der Waals surface area contributed by atoms with Gasteiger partial charge in [0, 0.05) is 24.0 Å². The van der Waals surface area contributed by atoms with Gasteiger partial charge in [-0.15, -0.1) is 0 Å². The number of rotatable bonds is 7. The number of hydrogen-bond acceptors (Lipinski definition) is 5. The van der Waals surface area contributed by atoms with Crippen molar-refractivity contribution in [2.24, 2.45) is 0 Å². The maximum atomic E-state index is 12.8. The Labute approximate surface area is 190 Å². The highest BCUT2D eigenvalue weighted by Gasteiger charge is 2.14. The van der Waals surface area contributed by atoms with Gasteiger partial charge in [0.05, 0.1) is 30.6 Å². The van der Waals surface area contributed by atoms with Crippen molar-refractivity contribution in [1.29, 1.82) is 0 Å². The van der Waals surface area contributed by atoms with Crippen molar-refractivity contribution in [2.75, 3.05) is 19.5 Å². The van der Waals surface area contributed by atoms with Crippen LogP contribution in [0.1, 0.15) is 21.6 Å². The maximum absolute atomic E-state index is 12.8. The van der Waals surface area contributed by atoms with Crippen LogP contribution in [-0.2, 0) is 6.61 Å². The number of carbonyl (C=O) groups excluding carboxylic acids is 1. The Morgan fingerprint density at radius 3 is 2.66 bits per heavy atom. The Morgan fingerprint density at radius 2 is 1.91 bits per heavy atom. The molecular formula is C24H22ClN3O4. The summed E-state index contributed by atoms with van der Waals surface area (Å²) in [7, 11) is 3.02. The Morgan fingerprint density at radius 1 is 1.09 bits per heavy atom. The number of imidazole rings is 1. The lowest BCUT2D eigenvalue weighted by molar-refractivity contribution is 0.102. The van der Waals surface area contributed by atoms with Crippen molar-refractivity contribution in [3.8, 4) is 17.2 Å². The Balaban J connectivity index is 1.48. The molecule has 1 N–H and O–H groups in total. The topological polar surface area (TPSA) is 74.1 Å². The molecule has 8 heteroatoms. The second-order valence-corrected chi connectivity index (χ2v) is 7.52. The SMILES string of the molecule is COc1cc(OC)c(NC(=O)c2cccc(OCc3cn4cccc(C)c4n3)c2)cc1Cl. The lowest BCUT2D eigenvalue weighted by atomic mass is 10.2. The second-order valence-electron chi connectivity index (χ2n) is 7.11. The molecule has 0 bridgehead atoms. The number of hydrogen-bond donors (Lipinski definition) is 1. The number of anilines is 1. The molecule has 0 atom stereocenters. The fourth-order valence-electron chi connectivity index (χ4n) is 3.31. The second kappa shape index (κ2) is 9.20. The standard InChI is InChI=1S/C24H22ClN3O4/c1-15-6-5-9-28-13-17(26-23(15)28)14-32-18-8-4-7-16(10-18)24(29)27-20-11-19(25)21(30-2)12-22(20)31-3/h4-13H,14H2,1-3H3,(H,27,29). The summed E-state index contributed by atoms with van der Waals surface area (Å²) in [4.78, 5) is 17.4. The molecule has 7 nitrogen and oxygen atoms in total. The van der Waals surface area contributed by atoms with E-state index in [1.165, 1.54) is 14.2 Å². The lowest BCUT2D eigenvalue weighted by Crippen LogP contribution is -2.13. The minimum absolute atomic E-state index is 0.286. The molecule has 2 aromatic heterocycles. The summed E-state index contributed by atoms with van der Waals surface area (Å²) in [5, 5.41) is 3.18. The van der Waals surface area contributed by atoms with Gasteiger partial charge >= 0.3 is 0 Å². The van der Waals surface area contributed by atoms with E-state index in [0.29, 0.717) is 33.5 Å². The number of halogens is 1. The summed E-state index contributed by atoms with van der Waals surface area (Å²) in [6.07, 6.45) is 3.88. The number of aryl methyl sites for hydroxylation is 1. The average Bonchev–Trinajstić information content (AvgIpc) is 3.23. The summed E-state index contributed by atoms with van der Waals surface area (Å²) in [6.45, 7) is 2.30. The molecule has 0 unspecified atom stereocenters. The molecular weight excluding hydrogens is 430 g/mol. The van der Waals surface area contributed by atoms with E-state index in [4.69, 9.17) is 25.8 Å². The highest BCUT2D eigenvalue weighted by molar-refractivity contribution is 6.32. The van der Waals surface area contributed by atoms with Gasteiger partial charge in [0.2, 0.25) is 0 Å². The fourth-order valence-corrected chi connectivity index (χ4v) is 3.55. The van der Waals surface area contributed by atoms with Crippen LogP contribution in [0.4, 0.5) is 5.69 Å². The quantitative estimate of drug-likeness (QED) is 0.421. The van der Waals surface area contributed by atoms with E-state index in [-0.39, 0.29) is 12.5 Å². The molecule has 0 radical (unpaired) electrons. The van der Waals surface area contributed by atoms with Gasteiger partial charge in [-0.2, -0.15) is 0 Å². The summed E-state index contributed by atoms with van der Waals surface area (Å²) >= 11 is 6.19. The Kier molecular flexibility index (Phi) is 6.18. The molecule has 0 saturated heterocycles. The Bertz CT molecular complexity index is 1290. The van der Waals surface area contributed by atoms with Gasteiger partial charge in [0.15, 0.2) is 0 Å². The van der Waals surface area contributed by atoms with Gasteiger partial charge < -0.3 is 23.9 Å². The average molecular weight is 452 g/mol. The molecule has 0 spiro atoms. The van der Waals surface area contributed by atoms with Crippen molar-refractivity contribution in [3.63, 3.8) is 0 Å². The van der Waals surface area contributed by atoms with Gasteiger partial charge in [-0.1, -0.05) is 23.7 Å². The van der Waals surface area contributed by atoms with Crippen LogP contribution in [0, 0.1) is 6.92 Å². The summed E-state index contributed by atoms with van der Waals surface area (Å²) in [6, 6.07) is 14.1. The minimum Gasteiger partial charge on any atom is -0.495 e. The number of amides is 1. The number of fused-ring (bicyclic) bond motifs is 1. The number of ether oxygens (including phenoxy) is 3. The Hall–Kier alpha value is -3.71. The van der Waals surface area contributed by atoms with Crippen molar-refractivity contribution in [1.82, 2.24) is 9.38 Å². The number of nitrogens with zero attached hydrogens (tertiary/aromatic N) is 2. The molecule has 0 aliphatic carbocycles. The lowest BCUT2D eigenvalue weighted by Gasteiger charge is -2.13. The van der Waals surface area contributed by atoms with Gasteiger partial charge in [0.25, 0.3) is 5.91 Å². The summed E-state index contributed by atoms with van der Waals surface area (Å²) in [5.41, 5.74) is 3.65. The van der Waals surface area contributed by atoms with E-state index in [2.05, 4.69) is 10.3 Å². The number of benzene rings is 2. The number of nitrogens with one attached hydrogen (secondary N) is 1. The third kappa shape index (κ3) is 4.48. The van der Waals surface area contributed by atoms with Crippen LogP contribution in [0.25, 0.3) is 5.65 Å². The van der Waals surface area contributed by atoms with Gasteiger partial charge in [-0.25, -0.2) is 4.98 Å². The van der Waals surface area contributed by atoms with E-state index in [9.17, 15) is 4.79 Å². The molecule has 32 heavy (non-hydrogen) atoms. The predicted molar refractivity (Wildman–Crippen MR) is 123 cm³/mol. The number of carbonyl (C=O) groups is 1. The minimum atomic E-state index is -0.321. The zero-order valence-electron chi connectivity index (χ0n) is 17.9. The molecule has 0 aliphatic heterocycles. The molecule has 0 aliphatic rings. The highest BCUT2D eigenvalue weighted by atomic mass is 35.5. The molecule has 1 amide bonds. The van der Waals surface area contributed by atoms with Gasteiger partial charge in [0.1, 0.15) is 29.5 Å². The van der Waals surface area contributed by atoms with Crippen molar-refractivity contribution in [2.45, 2.75) is 13.5 Å². The number of aromatic nitrogens is 2. The molecule has 4 rings (SSSR count). The maximum Gasteiger partial charge on any atom is 0.255 e. The van der Waals surface area contributed by atoms with Crippen molar-refractivity contribution < 1.29 is 19.0 Å². The molecule has 0 saturated carbocycles. The zero-order chi connectivity index (χ0) is 22.7. The first-order chi connectivity index (χ1) is 15.5. The van der Waals surface area contributed by atoms with Gasteiger partial charge in [-0.3, -0.25) is 4.79 Å². The summed E-state index contributed by atoms with van der Waals surface area (Å²) in [5.74, 6) is 1.14. The van der Waals surface area contributed by atoms with Crippen molar-refractivity contribution >= 4 is 28.8 Å². The number of methoxy groups -OCH3 is 2. The van der Waals surface area contributed by atoms with Crippen molar-refractivity contribution in [3.05, 3.63) is 82.8 Å². The fraction of sp³-hybridized carbons (Fsp3) is 0.167. The zero-order valence-corrected chi connectivity index (χ0v) is 18.6. The van der Waals surface area contributed by atoms with Crippen LogP contribution >= 0.6 is 11.6 Å². The first kappa shape index (κ1) is 21.5. The molecule has 4 aromatic rings.